The number of rotatable bonds is 6. The fourth-order valence-electron chi connectivity index (χ4n) is 1.15. The summed E-state index contributed by atoms with van der Waals surface area (Å²) in [5, 5.41) is 0. The molecule has 0 heterocycles. The van der Waals surface area contributed by atoms with Gasteiger partial charge in [-0.05, 0) is 25.7 Å². The van der Waals surface area contributed by atoms with E-state index < -0.39 is 0 Å². The molecule has 0 aliphatic carbocycles. The quantitative estimate of drug-likeness (QED) is 0.591. The Kier molecular flexibility index (Phi) is 7.33. The lowest BCUT2D eigenvalue weighted by molar-refractivity contribution is 0.466. The van der Waals surface area contributed by atoms with Gasteiger partial charge in [0.05, 0.1) is 18.1 Å². The van der Waals surface area contributed by atoms with Gasteiger partial charge in [-0.1, -0.05) is 40.5 Å². The molecular formula is C13H26N2. The molecule has 0 saturated carbocycles. The molecule has 0 bridgehead atoms. The van der Waals surface area contributed by atoms with Gasteiger partial charge in [-0.15, -0.1) is 0 Å². The summed E-state index contributed by atoms with van der Waals surface area (Å²) >= 11 is 0. The van der Waals surface area contributed by atoms with Gasteiger partial charge in [0.2, 0.25) is 0 Å². The molecule has 4 atom stereocenters. The average Bonchev–Trinajstić information content (AvgIpc) is 2.26. The van der Waals surface area contributed by atoms with E-state index in [1.807, 2.05) is 0 Å². The monoisotopic (exact) mass is 210 g/mol. The van der Waals surface area contributed by atoms with Crippen molar-refractivity contribution in [3.8, 4) is 0 Å². The van der Waals surface area contributed by atoms with Crippen LogP contribution in [0.3, 0.4) is 0 Å². The van der Waals surface area contributed by atoms with E-state index in [1.54, 1.807) is 0 Å². The van der Waals surface area contributed by atoms with Crippen LogP contribution < -0.4 is 0 Å². The van der Waals surface area contributed by atoms with Crippen molar-refractivity contribution in [3.63, 3.8) is 0 Å². The Hall–Kier alpha value is -0.620. The molecule has 4 unspecified atom stereocenters. The topological polar surface area (TPSA) is 24.7 Å². The number of aliphatic imine (C=N–C) groups is 2. The second kappa shape index (κ2) is 7.64. The Labute approximate surface area is 94.9 Å². The third-order valence-corrected chi connectivity index (χ3v) is 3.46. The van der Waals surface area contributed by atoms with Crippen molar-refractivity contribution in [1.29, 1.82) is 0 Å². The molecule has 0 aliphatic heterocycles. The molecule has 0 spiro atoms. The van der Waals surface area contributed by atoms with Crippen molar-refractivity contribution < 1.29 is 0 Å². The molecule has 2 nitrogen and oxygen atoms in total. The summed E-state index contributed by atoms with van der Waals surface area (Å²) in [7, 11) is 0. The Morgan fingerprint density at radius 1 is 0.800 bits per heavy atom. The van der Waals surface area contributed by atoms with E-state index in [0.29, 0.717) is 23.9 Å². The van der Waals surface area contributed by atoms with Gasteiger partial charge >= 0.3 is 0 Å². The molecule has 0 amide bonds. The molecule has 0 aromatic rings. The highest BCUT2D eigenvalue weighted by molar-refractivity contribution is 5.42. The van der Waals surface area contributed by atoms with Crippen LogP contribution in [0.25, 0.3) is 0 Å². The number of hydrogen-bond donors (Lipinski definition) is 0. The highest BCUT2D eigenvalue weighted by atomic mass is 14.9. The summed E-state index contributed by atoms with van der Waals surface area (Å²) in [4.78, 5) is 8.67. The average molecular weight is 210 g/mol. The predicted molar refractivity (Wildman–Crippen MR) is 67.7 cm³/mol. The normalized spacial score (nSPS) is 18.5. The molecule has 0 saturated heterocycles. The van der Waals surface area contributed by atoms with Crippen LogP contribution in [0.2, 0.25) is 0 Å². The first-order chi connectivity index (χ1) is 7.02. The van der Waals surface area contributed by atoms with Gasteiger partial charge < -0.3 is 0 Å². The van der Waals surface area contributed by atoms with Crippen molar-refractivity contribution in [2.24, 2.45) is 21.8 Å². The van der Waals surface area contributed by atoms with Crippen LogP contribution in [0, 0.1) is 11.8 Å². The molecule has 0 N–H and O–H groups in total. The highest BCUT2D eigenvalue weighted by Gasteiger charge is 2.08. The first-order valence-corrected chi connectivity index (χ1v) is 6.17. The van der Waals surface area contributed by atoms with Crippen molar-refractivity contribution >= 4 is 6.01 Å². The molecular weight excluding hydrogens is 184 g/mol. The maximum atomic E-state index is 4.33. The lowest BCUT2D eigenvalue weighted by atomic mass is 10.0. The minimum atomic E-state index is 0.336. The zero-order chi connectivity index (χ0) is 11.8. The summed E-state index contributed by atoms with van der Waals surface area (Å²) in [5.41, 5.74) is 0. The van der Waals surface area contributed by atoms with Gasteiger partial charge in [0, 0.05) is 0 Å². The third kappa shape index (κ3) is 5.74. The number of hydrogen-bond acceptors (Lipinski definition) is 2. The van der Waals surface area contributed by atoms with Gasteiger partial charge in [0.15, 0.2) is 0 Å². The second-order valence-electron chi connectivity index (χ2n) is 4.61. The summed E-state index contributed by atoms with van der Waals surface area (Å²) < 4.78 is 0. The molecule has 15 heavy (non-hydrogen) atoms. The molecule has 0 fully saturated rings. The van der Waals surface area contributed by atoms with Crippen LogP contribution in [0.15, 0.2) is 9.98 Å². The van der Waals surface area contributed by atoms with Gasteiger partial charge in [-0.3, -0.25) is 0 Å². The molecule has 0 rings (SSSR count). The molecule has 0 aromatic heterocycles. The van der Waals surface area contributed by atoms with E-state index in [4.69, 9.17) is 0 Å². The smallest absolute Gasteiger partial charge is 0.0898 e. The fraction of sp³-hybridized carbons (Fsp3) is 0.923. The molecule has 2 heteroatoms. The van der Waals surface area contributed by atoms with Crippen molar-refractivity contribution in [3.05, 3.63) is 0 Å². The predicted octanol–water partition coefficient (Wildman–Crippen LogP) is 4.03. The van der Waals surface area contributed by atoms with Crippen molar-refractivity contribution in [2.75, 3.05) is 0 Å². The SMILES string of the molecule is CCC(C)C(C)N=C=NC(C)C(C)CC. The maximum Gasteiger partial charge on any atom is 0.0898 e. The molecule has 0 radical (unpaired) electrons. The van der Waals surface area contributed by atoms with E-state index in [0.717, 1.165) is 12.8 Å². The van der Waals surface area contributed by atoms with Crippen LogP contribution in [0.5, 0.6) is 0 Å². The van der Waals surface area contributed by atoms with Crippen molar-refractivity contribution in [1.82, 2.24) is 0 Å². The van der Waals surface area contributed by atoms with Gasteiger partial charge in [-0.2, -0.15) is 0 Å². The summed E-state index contributed by atoms with van der Waals surface area (Å²) in [6.07, 6.45) is 2.32. The molecule has 0 aromatic carbocycles. The maximum absolute atomic E-state index is 4.33. The van der Waals surface area contributed by atoms with Crippen LogP contribution in [-0.2, 0) is 0 Å². The lowest BCUT2D eigenvalue weighted by Crippen LogP contribution is -2.11. The van der Waals surface area contributed by atoms with Crippen LogP contribution in [0.1, 0.15) is 54.4 Å². The summed E-state index contributed by atoms with van der Waals surface area (Å²) in [5.74, 6) is 1.23. The van der Waals surface area contributed by atoms with Gasteiger partial charge in [0.25, 0.3) is 0 Å². The van der Waals surface area contributed by atoms with Gasteiger partial charge in [0.1, 0.15) is 0 Å². The number of nitrogens with zero attached hydrogens (tertiary/aromatic N) is 2. The minimum absolute atomic E-state index is 0.336. The lowest BCUT2D eigenvalue weighted by Gasteiger charge is -2.12. The van der Waals surface area contributed by atoms with E-state index >= 15 is 0 Å². The molecule has 0 aliphatic rings. The molecule has 88 valence electrons. The Morgan fingerprint density at radius 3 is 1.40 bits per heavy atom. The zero-order valence-corrected chi connectivity index (χ0v) is 11.1. The van der Waals surface area contributed by atoms with E-state index in [-0.39, 0.29) is 0 Å². The first kappa shape index (κ1) is 14.4. The summed E-state index contributed by atoms with van der Waals surface area (Å²) in [6.45, 7) is 13.1. The van der Waals surface area contributed by atoms with E-state index in [9.17, 15) is 0 Å². The van der Waals surface area contributed by atoms with E-state index in [1.165, 1.54) is 0 Å². The Morgan fingerprint density at radius 2 is 1.13 bits per heavy atom. The van der Waals surface area contributed by atoms with Gasteiger partial charge in [-0.25, -0.2) is 9.98 Å². The highest BCUT2D eigenvalue weighted by Crippen LogP contribution is 2.11. The minimum Gasteiger partial charge on any atom is -0.222 e. The van der Waals surface area contributed by atoms with Crippen molar-refractivity contribution in [2.45, 2.75) is 66.5 Å². The van der Waals surface area contributed by atoms with Crippen LogP contribution in [0.4, 0.5) is 0 Å². The third-order valence-electron chi connectivity index (χ3n) is 3.46. The Balaban J connectivity index is 4.20. The van der Waals surface area contributed by atoms with Crippen LogP contribution in [-0.4, -0.2) is 18.1 Å². The first-order valence-electron chi connectivity index (χ1n) is 6.17. The standard InChI is InChI=1S/C13H26N2/c1-7-10(3)12(5)14-9-15-13(6)11(4)8-2/h10-13H,7-8H2,1-6H3. The van der Waals surface area contributed by atoms with Crippen LogP contribution >= 0.6 is 0 Å². The summed E-state index contributed by atoms with van der Waals surface area (Å²) in [6, 6.07) is 3.54. The fourth-order valence-corrected chi connectivity index (χ4v) is 1.15. The second-order valence-corrected chi connectivity index (χ2v) is 4.61. The largest absolute Gasteiger partial charge is 0.222 e. The zero-order valence-electron chi connectivity index (χ0n) is 11.1. The Bertz CT molecular complexity index is 197. The van der Waals surface area contributed by atoms with E-state index in [2.05, 4.69) is 57.5 Å².